The van der Waals surface area contributed by atoms with Gasteiger partial charge in [-0.25, -0.2) is 0 Å². The molecule has 2 rings (SSSR count). The highest BCUT2D eigenvalue weighted by atomic mass is 32.2. The summed E-state index contributed by atoms with van der Waals surface area (Å²) in [5.41, 5.74) is 1.28. The van der Waals surface area contributed by atoms with Crippen molar-refractivity contribution in [3.63, 3.8) is 0 Å². The number of ether oxygens (including phenoxy) is 1. The molecule has 0 saturated heterocycles. The number of nitrogens with one attached hydrogen (secondary N) is 1. The van der Waals surface area contributed by atoms with Crippen LogP contribution in [0, 0.1) is 0 Å². The third-order valence-corrected chi connectivity index (χ3v) is 4.49. The first kappa shape index (κ1) is 12.6. The largest absolute Gasteiger partial charge is 0.493 e. The lowest BCUT2D eigenvalue weighted by Crippen LogP contribution is -2.31. The summed E-state index contributed by atoms with van der Waals surface area (Å²) in [6, 6.07) is 8.18. The smallest absolute Gasteiger partial charge is 0.122 e. The standard InChI is InChI=1S/C13H19NO2S/c1-10(17(2)15)7-14-8-11-9-16-13-6-4-3-5-12(11)13/h3-6,10-11,14H,7-9H2,1-2H3. The topological polar surface area (TPSA) is 38.3 Å². The van der Waals surface area contributed by atoms with Crippen molar-refractivity contribution < 1.29 is 8.95 Å². The van der Waals surface area contributed by atoms with Crippen molar-refractivity contribution in [2.24, 2.45) is 0 Å². The van der Waals surface area contributed by atoms with E-state index in [4.69, 9.17) is 4.74 Å². The average Bonchev–Trinajstić information content (AvgIpc) is 2.72. The van der Waals surface area contributed by atoms with Crippen molar-refractivity contribution in [3.8, 4) is 5.75 Å². The van der Waals surface area contributed by atoms with Gasteiger partial charge in [-0.05, 0) is 13.0 Å². The van der Waals surface area contributed by atoms with Gasteiger partial charge in [0.2, 0.25) is 0 Å². The summed E-state index contributed by atoms with van der Waals surface area (Å²) in [6.07, 6.45) is 1.75. The Morgan fingerprint density at radius 3 is 3.06 bits per heavy atom. The van der Waals surface area contributed by atoms with Crippen molar-refractivity contribution in [1.29, 1.82) is 0 Å². The lowest BCUT2D eigenvalue weighted by molar-refractivity contribution is 0.326. The number of hydrogen-bond acceptors (Lipinski definition) is 3. The monoisotopic (exact) mass is 253 g/mol. The summed E-state index contributed by atoms with van der Waals surface area (Å²) in [4.78, 5) is 0. The maximum absolute atomic E-state index is 11.2. The predicted molar refractivity (Wildman–Crippen MR) is 71.1 cm³/mol. The van der Waals surface area contributed by atoms with Crippen LogP contribution in [0.4, 0.5) is 0 Å². The maximum atomic E-state index is 11.2. The van der Waals surface area contributed by atoms with E-state index in [0.29, 0.717) is 5.92 Å². The molecule has 0 bridgehead atoms. The fourth-order valence-corrected chi connectivity index (χ4v) is 2.33. The van der Waals surface area contributed by atoms with E-state index in [1.54, 1.807) is 6.26 Å². The normalized spacial score (nSPS) is 21.6. The molecule has 0 aromatic heterocycles. The van der Waals surface area contributed by atoms with Gasteiger partial charge in [0.25, 0.3) is 0 Å². The summed E-state index contributed by atoms with van der Waals surface area (Å²) in [7, 11) is -0.752. The minimum absolute atomic E-state index is 0.201. The molecule has 0 amide bonds. The van der Waals surface area contributed by atoms with Gasteiger partial charge in [0, 0.05) is 46.9 Å². The summed E-state index contributed by atoms with van der Waals surface area (Å²) in [6.45, 7) is 4.43. The van der Waals surface area contributed by atoms with Crippen LogP contribution in [0.15, 0.2) is 24.3 Å². The Balaban J connectivity index is 1.84. The summed E-state index contributed by atoms with van der Waals surface area (Å²) >= 11 is 0. The molecule has 3 nitrogen and oxygen atoms in total. The highest BCUT2D eigenvalue weighted by Crippen LogP contribution is 2.32. The molecule has 0 aliphatic carbocycles. The van der Waals surface area contributed by atoms with Gasteiger partial charge in [-0.1, -0.05) is 18.2 Å². The third-order valence-electron chi connectivity index (χ3n) is 3.19. The quantitative estimate of drug-likeness (QED) is 0.864. The first-order valence-electron chi connectivity index (χ1n) is 5.93. The van der Waals surface area contributed by atoms with Crippen molar-refractivity contribution in [2.75, 3.05) is 26.0 Å². The van der Waals surface area contributed by atoms with Gasteiger partial charge < -0.3 is 10.1 Å². The zero-order valence-corrected chi connectivity index (χ0v) is 11.1. The molecule has 1 aromatic rings. The molecule has 0 saturated carbocycles. The SMILES string of the molecule is CC(CNCC1COc2ccccc21)S(C)=O. The molecule has 94 valence electrons. The van der Waals surface area contributed by atoms with Gasteiger partial charge in [-0.3, -0.25) is 4.21 Å². The fraction of sp³-hybridized carbons (Fsp3) is 0.538. The van der Waals surface area contributed by atoms with Gasteiger partial charge in [0.1, 0.15) is 5.75 Å². The zero-order valence-electron chi connectivity index (χ0n) is 10.3. The molecular formula is C13H19NO2S. The van der Waals surface area contributed by atoms with Crippen molar-refractivity contribution in [1.82, 2.24) is 5.32 Å². The van der Waals surface area contributed by atoms with E-state index >= 15 is 0 Å². The van der Waals surface area contributed by atoms with Crippen molar-refractivity contribution >= 4 is 10.8 Å². The van der Waals surface area contributed by atoms with Gasteiger partial charge in [0.15, 0.2) is 0 Å². The number of benzene rings is 1. The molecule has 3 unspecified atom stereocenters. The van der Waals surface area contributed by atoms with Crippen LogP contribution in [0.2, 0.25) is 0 Å². The van der Waals surface area contributed by atoms with Crippen LogP contribution in [0.5, 0.6) is 5.75 Å². The Hall–Kier alpha value is -0.870. The first-order chi connectivity index (χ1) is 8.18. The Morgan fingerprint density at radius 2 is 2.29 bits per heavy atom. The van der Waals surface area contributed by atoms with Crippen molar-refractivity contribution in [2.45, 2.75) is 18.1 Å². The third kappa shape index (κ3) is 3.07. The van der Waals surface area contributed by atoms with Crippen LogP contribution >= 0.6 is 0 Å². The first-order valence-corrected chi connectivity index (χ1v) is 7.55. The predicted octanol–water partition coefficient (Wildman–Crippen LogP) is 1.52. The Morgan fingerprint density at radius 1 is 1.53 bits per heavy atom. The van der Waals surface area contributed by atoms with Gasteiger partial charge in [-0.2, -0.15) is 0 Å². The molecule has 1 aliphatic heterocycles. The minimum atomic E-state index is -0.752. The van der Waals surface area contributed by atoms with Crippen LogP contribution in [0.1, 0.15) is 18.4 Å². The number of hydrogen-bond donors (Lipinski definition) is 1. The number of rotatable bonds is 5. The number of fused-ring (bicyclic) bond motifs is 1. The van der Waals surface area contributed by atoms with E-state index in [9.17, 15) is 4.21 Å². The lowest BCUT2D eigenvalue weighted by Gasteiger charge is -2.13. The zero-order chi connectivity index (χ0) is 12.3. The minimum Gasteiger partial charge on any atom is -0.493 e. The van der Waals surface area contributed by atoms with Crippen LogP contribution in [0.25, 0.3) is 0 Å². The van der Waals surface area contributed by atoms with E-state index in [0.717, 1.165) is 25.4 Å². The van der Waals surface area contributed by atoms with E-state index in [1.807, 2.05) is 25.1 Å². The molecule has 1 heterocycles. The number of para-hydroxylation sites is 1. The molecular weight excluding hydrogens is 234 g/mol. The van der Waals surface area contributed by atoms with E-state index in [2.05, 4.69) is 11.4 Å². The van der Waals surface area contributed by atoms with E-state index in [-0.39, 0.29) is 5.25 Å². The van der Waals surface area contributed by atoms with E-state index in [1.165, 1.54) is 5.56 Å². The molecule has 0 spiro atoms. The summed E-state index contributed by atoms with van der Waals surface area (Å²) in [5, 5.41) is 3.58. The van der Waals surface area contributed by atoms with E-state index < -0.39 is 10.8 Å². The molecule has 0 fully saturated rings. The molecule has 3 atom stereocenters. The van der Waals surface area contributed by atoms with Crippen molar-refractivity contribution in [3.05, 3.63) is 29.8 Å². The van der Waals surface area contributed by atoms with Crippen LogP contribution < -0.4 is 10.1 Å². The van der Waals surface area contributed by atoms with Gasteiger partial charge in [-0.15, -0.1) is 0 Å². The Labute approximate surface area is 105 Å². The lowest BCUT2D eigenvalue weighted by atomic mass is 10.0. The second-order valence-electron chi connectivity index (χ2n) is 4.51. The molecule has 1 aromatic carbocycles. The van der Waals surface area contributed by atoms with Crippen LogP contribution in [0.3, 0.4) is 0 Å². The molecule has 17 heavy (non-hydrogen) atoms. The van der Waals surface area contributed by atoms with Gasteiger partial charge in [0.05, 0.1) is 6.61 Å². The highest BCUT2D eigenvalue weighted by molar-refractivity contribution is 7.84. The van der Waals surface area contributed by atoms with Crippen LogP contribution in [-0.4, -0.2) is 35.4 Å². The summed E-state index contributed by atoms with van der Waals surface area (Å²) < 4.78 is 16.8. The molecule has 1 N–H and O–H groups in total. The molecule has 1 aliphatic rings. The van der Waals surface area contributed by atoms with Crippen LogP contribution in [-0.2, 0) is 10.8 Å². The summed E-state index contributed by atoms with van der Waals surface area (Å²) in [5.74, 6) is 1.43. The second kappa shape index (κ2) is 5.65. The Kier molecular flexibility index (Phi) is 4.18. The molecule has 4 heteroatoms. The highest BCUT2D eigenvalue weighted by Gasteiger charge is 2.23. The Bertz CT molecular complexity index is 408. The average molecular weight is 253 g/mol. The van der Waals surface area contributed by atoms with Gasteiger partial charge >= 0.3 is 0 Å². The maximum Gasteiger partial charge on any atom is 0.122 e. The fourth-order valence-electron chi connectivity index (χ4n) is 1.98. The second-order valence-corrected chi connectivity index (χ2v) is 6.32. The molecule has 0 radical (unpaired) electrons.